The number of nitrogens with one attached hydrogen (secondary N) is 2. The average molecular weight is 363 g/mol. The van der Waals surface area contributed by atoms with E-state index in [0.717, 1.165) is 61.4 Å². The van der Waals surface area contributed by atoms with Crippen molar-refractivity contribution < 1.29 is 4.79 Å². The van der Waals surface area contributed by atoms with Crippen molar-refractivity contribution in [2.45, 2.75) is 45.1 Å². The van der Waals surface area contributed by atoms with Crippen LogP contribution in [0.1, 0.15) is 60.7 Å². The lowest BCUT2D eigenvalue weighted by atomic mass is 10.0. The van der Waals surface area contributed by atoms with Gasteiger partial charge in [0, 0.05) is 12.2 Å². The molecule has 1 atom stereocenters. The number of nitrogens with zero attached hydrogens (tertiary/aromatic N) is 3. The molecule has 4 rings (SSSR count). The number of imidazole rings is 1. The van der Waals surface area contributed by atoms with Crippen LogP contribution in [0.2, 0.25) is 0 Å². The van der Waals surface area contributed by atoms with Crippen molar-refractivity contribution in [3.8, 4) is 11.3 Å². The maximum Gasteiger partial charge on any atom is 0.274 e. The molecule has 1 aliphatic rings. The maximum atomic E-state index is 13.1. The molecule has 0 radical (unpaired) electrons. The van der Waals surface area contributed by atoms with E-state index in [4.69, 9.17) is 0 Å². The molecule has 2 aromatic heterocycles. The molecule has 0 bridgehead atoms. The number of amides is 1. The summed E-state index contributed by atoms with van der Waals surface area (Å²) in [6.07, 6.45) is 6.81. The van der Waals surface area contributed by atoms with Crippen LogP contribution in [0.15, 0.2) is 42.6 Å². The van der Waals surface area contributed by atoms with Crippen LogP contribution >= 0.6 is 0 Å². The molecular weight excluding hydrogens is 338 g/mol. The molecule has 0 spiro atoms. The highest BCUT2D eigenvalue weighted by atomic mass is 16.2. The molecule has 6 nitrogen and oxygen atoms in total. The first-order chi connectivity index (χ1) is 13.3. The number of aryl methyl sites for hydroxylation is 1. The Hall–Kier alpha value is -2.89. The Labute approximate surface area is 159 Å². The minimum atomic E-state index is -0.0324. The number of benzene rings is 1. The molecule has 1 aromatic carbocycles. The third kappa shape index (κ3) is 3.65. The Morgan fingerprint density at radius 3 is 2.93 bits per heavy atom. The highest BCUT2D eigenvalue weighted by Gasteiger charge is 2.31. The van der Waals surface area contributed by atoms with Crippen LogP contribution in [0.5, 0.6) is 0 Å². The van der Waals surface area contributed by atoms with Crippen molar-refractivity contribution >= 4 is 5.91 Å². The van der Waals surface area contributed by atoms with Crippen molar-refractivity contribution in [1.29, 1.82) is 0 Å². The van der Waals surface area contributed by atoms with E-state index in [9.17, 15) is 4.79 Å². The number of aromatic nitrogens is 4. The largest absolute Gasteiger partial charge is 0.340 e. The first-order valence-corrected chi connectivity index (χ1v) is 9.72. The van der Waals surface area contributed by atoms with E-state index in [2.05, 4.69) is 39.2 Å². The maximum absolute atomic E-state index is 13.1. The normalized spacial score (nSPS) is 17.2. The summed E-state index contributed by atoms with van der Waals surface area (Å²) in [5.74, 6) is 0.835. The number of H-pyrrole nitrogens is 2. The summed E-state index contributed by atoms with van der Waals surface area (Å²) in [7, 11) is 0. The fourth-order valence-corrected chi connectivity index (χ4v) is 3.75. The lowest BCUT2D eigenvalue weighted by Crippen LogP contribution is -2.39. The fraction of sp³-hybridized carbons (Fsp3) is 0.381. The number of rotatable bonds is 5. The van der Waals surface area contributed by atoms with Gasteiger partial charge in [-0.3, -0.25) is 9.89 Å². The molecule has 2 N–H and O–H groups in total. The van der Waals surface area contributed by atoms with E-state index in [0.29, 0.717) is 5.69 Å². The Morgan fingerprint density at radius 1 is 1.26 bits per heavy atom. The second-order valence-corrected chi connectivity index (χ2v) is 7.09. The Balaban J connectivity index is 1.57. The van der Waals surface area contributed by atoms with Crippen molar-refractivity contribution in [1.82, 2.24) is 25.1 Å². The minimum Gasteiger partial charge on any atom is -0.340 e. The second-order valence-electron chi connectivity index (χ2n) is 7.09. The highest BCUT2D eigenvalue weighted by Crippen LogP contribution is 2.31. The van der Waals surface area contributed by atoms with Crippen LogP contribution in [-0.2, 0) is 6.42 Å². The number of carbonyl (C=O) groups is 1. The number of carbonyl (C=O) groups excluding carboxylic acids is 1. The van der Waals surface area contributed by atoms with Gasteiger partial charge in [-0.15, -0.1) is 0 Å². The van der Waals surface area contributed by atoms with Gasteiger partial charge in [-0.05, 0) is 37.3 Å². The Kier molecular flexibility index (Phi) is 5.05. The lowest BCUT2D eigenvalue weighted by molar-refractivity contribution is 0.0595. The fourth-order valence-electron chi connectivity index (χ4n) is 3.75. The SMILES string of the molecule is CCCc1cc(C(=O)N2CCCCC2c2ncc(-c3ccccc3)[nH]2)n[nH]1. The van der Waals surface area contributed by atoms with Gasteiger partial charge in [0.2, 0.25) is 0 Å². The van der Waals surface area contributed by atoms with Crippen LogP contribution in [-0.4, -0.2) is 37.5 Å². The summed E-state index contributed by atoms with van der Waals surface area (Å²) in [4.78, 5) is 23.0. The molecule has 3 heterocycles. The minimum absolute atomic E-state index is 0.0176. The molecule has 1 fully saturated rings. The number of likely N-dealkylation sites (tertiary alicyclic amines) is 1. The third-order valence-electron chi connectivity index (χ3n) is 5.13. The zero-order chi connectivity index (χ0) is 18.6. The number of aromatic amines is 2. The van der Waals surface area contributed by atoms with E-state index in [1.54, 1.807) is 0 Å². The predicted octanol–water partition coefficient (Wildman–Crippen LogP) is 4.12. The molecule has 1 unspecified atom stereocenters. The van der Waals surface area contributed by atoms with Crippen molar-refractivity contribution in [2.24, 2.45) is 0 Å². The second kappa shape index (κ2) is 7.78. The van der Waals surface area contributed by atoms with E-state index < -0.39 is 0 Å². The van der Waals surface area contributed by atoms with Gasteiger partial charge in [-0.2, -0.15) is 5.10 Å². The summed E-state index contributed by atoms with van der Waals surface area (Å²) in [5, 5.41) is 7.23. The van der Waals surface area contributed by atoms with Gasteiger partial charge in [0.25, 0.3) is 5.91 Å². The van der Waals surface area contributed by atoms with Crippen molar-refractivity contribution in [2.75, 3.05) is 6.54 Å². The van der Waals surface area contributed by atoms with Gasteiger partial charge in [0.1, 0.15) is 11.5 Å². The van der Waals surface area contributed by atoms with Crippen LogP contribution in [0, 0.1) is 0 Å². The number of hydrogen-bond donors (Lipinski definition) is 2. The quantitative estimate of drug-likeness (QED) is 0.716. The van der Waals surface area contributed by atoms with Crippen LogP contribution in [0.25, 0.3) is 11.3 Å². The number of piperidine rings is 1. The van der Waals surface area contributed by atoms with Gasteiger partial charge in [0.05, 0.1) is 17.9 Å². The predicted molar refractivity (Wildman–Crippen MR) is 104 cm³/mol. The summed E-state index contributed by atoms with van der Waals surface area (Å²) in [5.41, 5.74) is 3.59. The lowest BCUT2D eigenvalue weighted by Gasteiger charge is -2.34. The Bertz CT molecular complexity index is 898. The molecule has 0 saturated carbocycles. The molecule has 1 aliphatic heterocycles. The molecule has 6 heteroatoms. The number of hydrogen-bond acceptors (Lipinski definition) is 3. The molecule has 27 heavy (non-hydrogen) atoms. The average Bonchev–Trinajstić information content (AvgIpc) is 3.38. The van der Waals surface area contributed by atoms with E-state index in [1.165, 1.54) is 0 Å². The summed E-state index contributed by atoms with van der Waals surface area (Å²) < 4.78 is 0. The van der Waals surface area contributed by atoms with E-state index in [1.807, 2.05) is 35.4 Å². The van der Waals surface area contributed by atoms with Crippen LogP contribution < -0.4 is 0 Å². The first-order valence-electron chi connectivity index (χ1n) is 9.72. The summed E-state index contributed by atoms with van der Waals surface area (Å²) in [6, 6.07) is 12.0. The Morgan fingerprint density at radius 2 is 2.11 bits per heavy atom. The van der Waals surface area contributed by atoms with Gasteiger partial charge in [0.15, 0.2) is 0 Å². The summed E-state index contributed by atoms with van der Waals surface area (Å²) >= 11 is 0. The standard InChI is InChI=1S/C21H25N5O/c1-2-8-16-13-17(25-24-16)21(27)26-12-7-6-11-19(26)20-22-14-18(23-20)15-9-4-3-5-10-15/h3-5,9-10,13-14,19H,2,6-8,11-12H2,1H3,(H,22,23)(H,24,25). The van der Waals surface area contributed by atoms with E-state index >= 15 is 0 Å². The third-order valence-corrected chi connectivity index (χ3v) is 5.13. The van der Waals surface area contributed by atoms with Crippen molar-refractivity contribution in [3.63, 3.8) is 0 Å². The van der Waals surface area contributed by atoms with Crippen LogP contribution in [0.4, 0.5) is 0 Å². The molecular formula is C21H25N5O. The zero-order valence-electron chi connectivity index (χ0n) is 15.6. The van der Waals surface area contributed by atoms with Gasteiger partial charge >= 0.3 is 0 Å². The molecule has 140 valence electrons. The van der Waals surface area contributed by atoms with Gasteiger partial charge in [-0.25, -0.2) is 4.98 Å². The molecule has 1 amide bonds. The van der Waals surface area contributed by atoms with Crippen LogP contribution in [0.3, 0.4) is 0 Å². The summed E-state index contributed by atoms with van der Waals surface area (Å²) in [6.45, 7) is 2.85. The smallest absolute Gasteiger partial charge is 0.274 e. The first kappa shape index (κ1) is 17.5. The topological polar surface area (TPSA) is 77.7 Å². The highest BCUT2D eigenvalue weighted by molar-refractivity contribution is 5.92. The molecule has 3 aromatic rings. The molecule has 1 saturated heterocycles. The zero-order valence-corrected chi connectivity index (χ0v) is 15.6. The van der Waals surface area contributed by atoms with Crippen molar-refractivity contribution in [3.05, 3.63) is 59.8 Å². The van der Waals surface area contributed by atoms with Gasteiger partial charge in [-0.1, -0.05) is 43.7 Å². The van der Waals surface area contributed by atoms with E-state index in [-0.39, 0.29) is 11.9 Å². The molecule has 0 aliphatic carbocycles. The van der Waals surface area contributed by atoms with Gasteiger partial charge < -0.3 is 9.88 Å². The monoisotopic (exact) mass is 363 g/mol.